The van der Waals surface area contributed by atoms with Gasteiger partial charge in [0.2, 0.25) is 5.91 Å². The van der Waals surface area contributed by atoms with Crippen LogP contribution in [0.1, 0.15) is 41.3 Å². The molecule has 1 fully saturated rings. The SMILES string of the molecule is Cc1cc(OCCCn2c(C3CC(=O)N(Cc4ccc(F)cc4)C3)nc3ccccc32)cc(C)c1Cl. The van der Waals surface area contributed by atoms with Crippen molar-refractivity contribution in [1.82, 2.24) is 14.5 Å². The third-order valence-electron chi connectivity index (χ3n) is 6.76. The van der Waals surface area contributed by atoms with Gasteiger partial charge in [0.25, 0.3) is 0 Å². The van der Waals surface area contributed by atoms with Gasteiger partial charge >= 0.3 is 0 Å². The van der Waals surface area contributed by atoms with Crippen LogP contribution in [0.4, 0.5) is 4.39 Å². The van der Waals surface area contributed by atoms with Crippen molar-refractivity contribution in [3.8, 4) is 5.75 Å². The van der Waals surface area contributed by atoms with Gasteiger partial charge in [0, 0.05) is 37.0 Å². The first kappa shape index (κ1) is 24.3. The van der Waals surface area contributed by atoms with E-state index in [0.29, 0.717) is 26.1 Å². The molecule has 0 radical (unpaired) electrons. The molecule has 7 heteroatoms. The van der Waals surface area contributed by atoms with Gasteiger partial charge in [-0.05, 0) is 73.4 Å². The van der Waals surface area contributed by atoms with Crippen LogP contribution in [0.2, 0.25) is 5.02 Å². The maximum atomic E-state index is 13.3. The maximum Gasteiger partial charge on any atom is 0.223 e. The van der Waals surface area contributed by atoms with E-state index in [1.54, 1.807) is 12.1 Å². The van der Waals surface area contributed by atoms with Crippen LogP contribution in [-0.2, 0) is 17.9 Å². The number of ether oxygens (including phenoxy) is 1. The molecule has 0 saturated carbocycles. The molecule has 5 nitrogen and oxygen atoms in total. The first-order valence-corrected chi connectivity index (χ1v) is 12.6. The summed E-state index contributed by atoms with van der Waals surface area (Å²) in [6.45, 7) is 6.34. The van der Waals surface area contributed by atoms with E-state index in [1.165, 1.54) is 12.1 Å². The Kier molecular flexibility index (Phi) is 6.97. The van der Waals surface area contributed by atoms with Gasteiger partial charge in [-0.1, -0.05) is 35.9 Å². The second-order valence-corrected chi connectivity index (χ2v) is 9.86. The molecule has 1 atom stereocenters. The highest BCUT2D eigenvalue weighted by Crippen LogP contribution is 2.32. The minimum absolute atomic E-state index is 0.00725. The molecule has 36 heavy (non-hydrogen) atoms. The number of nitrogens with zero attached hydrogens (tertiary/aromatic N) is 3. The quantitative estimate of drug-likeness (QED) is 0.259. The Morgan fingerprint density at radius 2 is 1.81 bits per heavy atom. The number of aryl methyl sites for hydroxylation is 3. The van der Waals surface area contributed by atoms with Gasteiger partial charge in [-0.3, -0.25) is 4.79 Å². The van der Waals surface area contributed by atoms with E-state index in [-0.39, 0.29) is 17.6 Å². The second-order valence-electron chi connectivity index (χ2n) is 9.49. The second kappa shape index (κ2) is 10.3. The van der Waals surface area contributed by atoms with Crippen LogP contribution in [0.3, 0.4) is 0 Å². The molecular formula is C29H29ClFN3O2. The monoisotopic (exact) mass is 505 g/mol. The van der Waals surface area contributed by atoms with Crippen LogP contribution < -0.4 is 4.74 Å². The smallest absolute Gasteiger partial charge is 0.223 e. The zero-order valence-corrected chi connectivity index (χ0v) is 21.3. The number of para-hydroxylation sites is 2. The summed E-state index contributed by atoms with van der Waals surface area (Å²) in [4.78, 5) is 19.6. The van der Waals surface area contributed by atoms with Gasteiger partial charge < -0.3 is 14.2 Å². The number of carbonyl (C=O) groups excluding carboxylic acids is 1. The molecule has 1 aliphatic rings. The van der Waals surface area contributed by atoms with Crippen molar-refractivity contribution in [2.45, 2.75) is 45.7 Å². The molecule has 1 aromatic heterocycles. The summed E-state index contributed by atoms with van der Waals surface area (Å²) in [5.41, 5.74) is 4.93. The molecule has 1 saturated heterocycles. The lowest BCUT2D eigenvalue weighted by Gasteiger charge is -2.17. The number of carbonyl (C=O) groups is 1. The first-order chi connectivity index (χ1) is 17.4. The van der Waals surface area contributed by atoms with E-state index in [9.17, 15) is 9.18 Å². The number of fused-ring (bicyclic) bond motifs is 1. The Morgan fingerprint density at radius 1 is 1.08 bits per heavy atom. The zero-order valence-electron chi connectivity index (χ0n) is 20.5. The predicted molar refractivity (Wildman–Crippen MR) is 140 cm³/mol. The topological polar surface area (TPSA) is 47.4 Å². The molecule has 0 aliphatic carbocycles. The van der Waals surface area contributed by atoms with Crippen LogP contribution in [0.15, 0.2) is 60.7 Å². The van der Waals surface area contributed by atoms with Gasteiger partial charge in [0.15, 0.2) is 0 Å². The van der Waals surface area contributed by atoms with E-state index >= 15 is 0 Å². The number of halogens is 2. The average molecular weight is 506 g/mol. The third-order valence-corrected chi connectivity index (χ3v) is 7.35. The lowest BCUT2D eigenvalue weighted by atomic mass is 10.1. The number of amides is 1. The summed E-state index contributed by atoms with van der Waals surface area (Å²) in [5, 5.41) is 0.774. The molecule has 186 valence electrons. The molecule has 2 heterocycles. The average Bonchev–Trinajstić information content (AvgIpc) is 3.41. The predicted octanol–water partition coefficient (Wildman–Crippen LogP) is 6.43. The number of rotatable bonds is 8. The van der Waals surface area contributed by atoms with Crippen LogP contribution in [0.5, 0.6) is 5.75 Å². The minimum atomic E-state index is -0.275. The van der Waals surface area contributed by atoms with E-state index in [1.807, 2.05) is 49.1 Å². The molecule has 5 rings (SSSR count). The molecular weight excluding hydrogens is 477 g/mol. The fourth-order valence-electron chi connectivity index (χ4n) is 4.95. The number of imidazole rings is 1. The molecule has 0 spiro atoms. The highest BCUT2D eigenvalue weighted by atomic mass is 35.5. The van der Waals surface area contributed by atoms with Crippen molar-refractivity contribution in [2.24, 2.45) is 0 Å². The van der Waals surface area contributed by atoms with Crippen LogP contribution in [0.25, 0.3) is 11.0 Å². The largest absolute Gasteiger partial charge is 0.494 e. The fourth-order valence-corrected chi connectivity index (χ4v) is 5.06. The summed E-state index contributed by atoms with van der Waals surface area (Å²) in [7, 11) is 0. The Balaban J connectivity index is 1.29. The lowest BCUT2D eigenvalue weighted by Crippen LogP contribution is -2.24. The maximum absolute atomic E-state index is 13.3. The highest BCUT2D eigenvalue weighted by molar-refractivity contribution is 6.32. The molecule has 1 aliphatic heterocycles. The van der Waals surface area contributed by atoms with Gasteiger partial charge in [-0.15, -0.1) is 0 Å². The molecule has 1 unspecified atom stereocenters. The molecule has 0 N–H and O–H groups in total. The van der Waals surface area contributed by atoms with Crippen molar-refractivity contribution in [1.29, 1.82) is 0 Å². The summed E-state index contributed by atoms with van der Waals surface area (Å²) in [6, 6.07) is 18.3. The van der Waals surface area contributed by atoms with Crippen LogP contribution in [-0.4, -0.2) is 33.5 Å². The zero-order chi connectivity index (χ0) is 25.2. The number of hydrogen-bond acceptors (Lipinski definition) is 3. The van der Waals surface area contributed by atoms with Gasteiger partial charge in [0.05, 0.1) is 17.6 Å². The number of likely N-dealkylation sites (tertiary alicyclic amines) is 1. The van der Waals surface area contributed by atoms with Crippen LogP contribution >= 0.6 is 11.6 Å². The van der Waals surface area contributed by atoms with Gasteiger partial charge in [0.1, 0.15) is 17.4 Å². The highest BCUT2D eigenvalue weighted by Gasteiger charge is 2.34. The summed E-state index contributed by atoms with van der Waals surface area (Å²) < 4.78 is 21.5. The van der Waals surface area contributed by atoms with E-state index < -0.39 is 0 Å². The van der Waals surface area contributed by atoms with E-state index in [4.69, 9.17) is 21.3 Å². The van der Waals surface area contributed by atoms with E-state index in [0.717, 1.165) is 57.3 Å². The van der Waals surface area contributed by atoms with Crippen molar-refractivity contribution >= 4 is 28.5 Å². The molecule has 1 amide bonds. The Labute approximate surface area is 215 Å². The Bertz CT molecular complexity index is 1380. The lowest BCUT2D eigenvalue weighted by molar-refractivity contribution is -0.128. The molecule has 4 aromatic rings. The van der Waals surface area contributed by atoms with Crippen LogP contribution in [0, 0.1) is 19.7 Å². The van der Waals surface area contributed by atoms with Gasteiger partial charge in [-0.2, -0.15) is 0 Å². The number of aromatic nitrogens is 2. The molecule has 0 bridgehead atoms. The van der Waals surface area contributed by atoms with Crippen molar-refractivity contribution in [2.75, 3.05) is 13.2 Å². The first-order valence-electron chi connectivity index (χ1n) is 12.3. The molecule has 3 aromatic carbocycles. The summed E-state index contributed by atoms with van der Waals surface area (Å²) in [6.07, 6.45) is 1.22. The number of benzene rings is 3. The standard InChI is InChI=1S/C29H29ClFN3O2/c1-19-14-24(15-20(2)28(19)30)36-13-5-12-34-26-7-4-3-6-25(26)32-29(34)22-16-27(35)33(18-22)17-21-8-10-23(31)11-9-21/h3-4,6-11,14-15,22H,5,12-13,16-18H2,1-2H3. The summed E-state index contributed by atoms with van der Waals surface area (Å²) >= 11 is 6.28. The van der Waals surface area contributed by atoms with Crippen molar-refractivity contribution in [3.05, 3.63) is 94.0 Å². The van der Waals surface area contributed by atoms with Gasteiger partial charge in [-0.25, -0.2) is 9.37 Å². The summed E-state index contributed by atoms with van der Waals surface area (Å²) in [5.74, 6) is 1.59. The number of hydrogen-bond donors (Lipinski definition) is 0. The normalized spacial score (nSPS) is 15.7. The van der Waals surface area contributed by atoms with Crippen molar-refractivity contribution in [3.63, 3.8) is 0 Å². The minimum Gasteiger partial charge on any atom is -0.494 e. The Hall–Kier alpha value is -3.38. The third kappa shape index (κ3) is 5.09. The van der Waals surface area contributed by atoms with Crippen molar-refractivity contribution < 1.29 is 13.9 Å². The fraction of sp³-hybridized carbons (Fsp3) is 0.310. The Morgan fingerprint density at radius 3 is 2.56 bits per heavy atom. The van der Waals surface area contributed by atoms with E-state index in [2.05, 4.69) is 10.6 Å².